The third kappa shape index (κ3) is 2.02. The molecule has 1 saturated carbocycles. The van der Waals surface area contributed by atoms with Crippen LogP contribution in [-0.2, 0) is 0 Å². The van der Waals surface area contributed by atoms with Crippen molar-refractivity contribution in [1.29, 1.82) is 0 Å². The molecule has 2 N–H and O–H groups in total. The van der Waals surface area contributed by atoms with Crippen LogP contribution in [0.3, 0.4) is 0 Å². The second-order valence-corrected chi connectivity index (χ2v) is 3.43. The Kier molecular flexibility index (Phi) is 2.35. The normalized spacial score (nSPS) is 14.9. The summed E-state index contributed by atoms with van der Waals surface area (Å²) in [6.45, 7) is 0. The van der Waals surface area contributed by atoms with Gasteiger partial charge in [-0.3, -0.25) is 9.78 Å². The predicted octanol–water partition coefficient (Wildman–Crippen LogP) is 1.02. The highest BCUT2D eigenvalue weighted by molar-refractivity contribution is 5.93. The summed E-state index contributed by atoms with van der Waals surface area (Å²) in [5.74, 6) is -0.0791. The van der Waals surface area contributed by atoms with E-state index in [9.17, 15) is 4.79 Å². The average Bonchev–Trinajstić information content (AvgIpc) is 3.02. The molecule has 4 nitrogen and oxygen atoms in total. The number of anilines is 1. The standard InChI is InChI=1S/C10H13N3O/c1-11-8-4-5-12-9(6-8)10(14)13-7-2-3-7/h4-7H,2-3H2,1H3,(H,11,12)(H,13,14). The van der Waals surface area contributed by atoms with E-state index in [0.29, 0.717) is 11.7 Å². The molecule has 2 rings (SSSR count). The summed E-state index contributed by atoms with van der Waals surface area (Å²) in [4.78, 5) is 15.6. The molecule has 0 aliphatic heterocycles. The van der Waals surface area contributed by atoms with E-state index in [4.69, 9.17) is 0 Å². The molecular weight excluding hydrogens is 178 g/mol. The minimum Gasteiger partial charge on any atom is -0.388 e. The van der Waals surface area contributed by atoms with Crippen LogP contribution in [0.25, 0.3) is 0 Å². The maximum atomic E-state index is 11.6. The number of nitrogens with one attached hydrogen (secondary N) is 2. The van der Waals surface area contributed by atoms with E-state index in [1.54, 1.807) is 12.3 Å². The fourth-order valence-corrected chi connectivity index (χ4v) is 1.20. The van der Waals surface area contributed by atoms with Crippen molar-refractivity contribution in [3.05, 3.63) is 24.0 Å². The Hall–Kier alpha value is -1.58. The number of nitrogens with zero attached hydrogens (tertiary/aromatic N) is 1. The van der Waals surface area contributed by atoms with Crippen molar-refractivity contribution in [2.24, 2.45) is 0 Å². The van der Waals surface area contributed by atoms with Crippen LogP contribution in [0.4, 0.5) is 5.69 Å². The number of carbonyl (C=O) groups is 1. The van der Waals surface area contributed by atoms with E-state index in [2.05, 4.69) is 15.6 Å². The molecule has 1 amide bonds. The Morgan fingerprint density at radius 3 is 3.00 bits per heavy atom. The molecule has 0 radical (unpaired) electrons. The molecule has 1 aromatic rings. The fraction of sp³-hybridized carbons (Fsp3) is 0.400. The topological polar surface area (TPSA) is 54.0 Å². The minimum absolute atomic E-state index is 0.0791. The van der Waals surface area contributed by atoms with Crippen LogP contribution < -0.4 is 10.6 Å². The summed E-state index contributed by atoms with van der Waals surface area (Å²) < 4.78 is 0. The number of rotatable bonds is 3. The molecule has 1 aromatic heterocycles. The lowest BCUT2D eigenvalue weighted by molar-refractivity contribution is 0.0946. The molecule has 4 heteroatoms. The zero-order valence-electron chi connectivity index (χ0n) is 8.08. The smallest absolute Gasteiger partial charge is 0.270 e. The van der Waals surface area contributed by atoms with E-state index < -0.39 is 0 Å². The van der Waals surface area contributed by atoms with E-state index >= 15 is 0 Å². The van der Waals surface area contributed by atoms with Gasteiger partial charge >= 0.3 is 0 Å². The number of hydrogen-bond acceptors (Lipinski definition) is 3. The predicted molar refractivity (Wildman–Crippen MR) is 54.3 cm³/mol. The highest BCUT2D eigenvalue weighted by Gasteiger charge is 2.24. The van der Waals surface area contributed by atoms with Crippen molar-refractivity contribution in [1.82, 2.24) is 10.3 Å². The van der Waals surface area contributed by atoms with Gasteiger partial charge in [0.05, 0.1) is 0 Å². The van der Waals surface area contributed by atoms with Gasteiger partial charge in [0.15, 0.2) is 0 Å². The molecule has 1 fully saturated rings. The molecule has 0 bridgehead atoms. The number of hydrogen-bond donors (Lipinski definition) is 2. The highest BCUT2D eigenvalue weighted by Crippen LogP contribution is 2.19. The van der Waals surface area contributed by atoms with Gasteiger partial charge in [0.25, 0.3) is 5.91 Å². The number of pyridine rings is 1. The maximum absolute atomic E-state index is 11.6. The first-order valence-electron chi connectivity index (χ1n) is 4.74. The molecule has 1 aliphatic rings. The molecule has 0 aromatic carbocycles. The maximum Gasteiger partial charge on any atom is 0.270 e. The zero-order valence-corrected chi connectivity index (χ0v) is 8.08. The Bertz CT molecular complexity index is 347. The van der Waals surface area contributed by atoms with Gasteiger partial charge in [-0.2, -0.15) is 0 Å². The third-order valence-electron chi connectivity index (χ3n) is 2.19. The first-order chi connectivity index (χ1) is 6.79. The first-order valence-corrected chi connectivity index (χ1v) is 4.74. The van der Waals surface area contributed by atoms with Crippen LogP contribution in [0.5, 0.6) is 0 Å². The Balaban J connectivity index is 2.09. The van der Waals surface area contributed by atoms with Crippen LogP contribution in [0.1, 0.15) is 23.3 Å². The largest absolute Gasteiger partial charge is 0.388 e. The molecule has 1 heterocycles. The SMILES string of the molecule is CNc1ccnc(C(=O)NC2CC2)c1. The van der Waals surface area contributed by atoms with Crippen molar-refractivity contribution in [2.75, 3.05) is 12.4 Å². The Morgan fingerprint density at radius 2 is 2.36 bits per heavy atom. The van der Waals surface area contributed by atoms with Crippen molar-refractivity contribution in [3.63, 3.8) is 0 Å². The monoisotopic (exact) mass is 191 g/mol. The molecule has 14 heavy (non-hydrogen) atoms. The quantitative estimate of drug-likeness (QED) is 0.749. The van der Waals surface area contributed by atoms with E-state index in [0.717, 1.165) is 18.5 Å². The summed E-state index contributed by atoms with van der Waals surface area (Å²) in [5, 5.41) is 5.86. The lowest BCUT2D eigenvalue weighted by atomic mass is 10.3. The minimum atomic E-state index is -0.0791. The molecular formula is C10H13N3O. The van der Waals surface area contributed by atoms with Crippen molar-refractivity contribution in [3.8, 4) is 0 Å². The lowest BCUT2D eigenvalue weighted by Crippen LogP contribution is -2.26. The Labute approximate surface area is 82.7 Å². The number of carbonyl (C=O) groups excluding carboxylic acids is 1. The average molecular weight is 191 g/mol. The van der Waals surface area contributed by atoms with Crippen molar-refractivity contribution < 1.29 is 4.79 Å². The van der Waals surface area contributed by atoms with Gasteiger partial charge in [-0.25, -0.2) is 0 Å². The molecule has 74 valence electrons. The molecule has 0 spiro atoms. The van der Waals surface area contributed by atoms with E-state index in [1.807, 2.05) is 13.1 Å². The van der Waals surface area contributed by atoms with Crippen LogP contribution in [0, 0.1) is 0 Å². The van der Waals surface area contributed by atoms with Crippen LogP contribution in [0.15, 0.2) is 18.3 Å². The molecule has 1 aliphatic carbocycles. The molecule has 0 atom stereocenters. The van der Waals surface area contributed by atoms with Gasteiger partial charge in [0, 0.05) is 25.0 Å². The van der Waals surface area contributed by atoms with Crippen LogP contribution in [0.2, 0.25) is 0 Å². The van der Waals surface area contributed by atoms with Gasteiger partial charge < -0.3 is 10.6 Å². The van der Waals surface area contributed by atoms with Gasteiger partial charge in [-0.05, 0) is 25.0 Å². The van der Waals surface area contributed by atoms with Gasteiger partial charge in [-0.15, -0.1) is 0 Å². The summed E-state index contributed by atoms with van der Waals surface area (Å²) in [6, 6.07) is 3.95. The van der Waals surface area contributed by atoms with E-state index in [1.165, 1.54) is 0 Å². The summed E-state index contributed by atoms with van der Waals surface area (Å²) in [7, 11) is 1.82. The second kappa shape index (κ2) is 3.65. The van der Waals surface area contributed by atoms with Crippen molar-refractivity contribution in [2.45, 2.75) is 18.9 Å². The molecule has 0 unspecified atom stereocenters. The second-order valence-electron chi connectivity index (χ2n) is 3.43. The summed E-state index contributed by atoms with van der Waals surface area (Å²) in [6.07, 6.45) is 3.82. The zero-order chi connectivity index (χ0) is 9.97. The third-order valence-corrected chi connectivity index (χ3v) is 2.19. The number of amides is 1. The Morgan fingerprint density at radius 1 is 1.57 bits per heavy atom. The van der Waals surface area contributed by atoms with Gasteiger partial charge in [0.2, 0.25) is 0 Å². The fourth-order valence-electron chi connectivity index (χ4n) is 1.20. The van der Waals surface area contributed by atoms with Crippen LogP contribution in [-0.4, -0.2) is 24.0 Å². The van der Waals surface area contributed by atoms with Gasteiger partial charge in [-0.1, -0.05) is 0 Å². The summed E-state index contributed by atoms with van der Waals surface area (Å²) >= 11 is 0. The number of aromatic nitrogens is 1. The first kappa shape index (κ1) is 8.99. The lowest BCUT2D eigenvalue weighted by Gasteiger charge is -2.04. The van der Waals surface area contributed by atoms with Crippen LogP contribution >= 0.6 is 0 Å². The highest BCUT2D eigenvalue weighted by atomic mass is 16.2. The van der Waals surface area contributed by atoms with E-state index in [-0.39, 0.29) is 5.91 Å². The van der Waals surface area contributed by atoms with Gasteiger partial charge in [0.1, 0.15) is 5.69 Å². The summed E-state index contributed by atoms with van der Waals surface area (Å²) in [5.41, 5.74) is 1.38. The van der Waals surface area contributed by atoms with Crippen molar-refractivity contribution >= 4 is 11.6 Å². The molecule has 0 saturated heterocycles.